The molecule has 1 aromatic carbocycles. The van der Waals surface area contributed by atoms with Crippen molar-refractivity contribution in [1.82, 2.24) is 19.7 Å². The number of aliphatic hydroxyl groups excluding tert-OH is 1. The molecule has 2 aliphatic carbocycles. The smallest absolute Gasteiger partial charge is 0.274 e. The Labute approximate surface area is 205 Å². The van der Waals surface area contributed by atoms with Gasteiger partial charge in [-0.3, -0.25) is 4.79 Å². The lowest BCUT2D eigenvalue weighted by atomic mass is 9.57. The van der Waals surface area contributed by atoms with Gasteiger partial charge in [-0.15, -0.1) is 10.2 Å². The van der Waals surface area contributed by atoms with Crippen molar-refractivity contribution in [2.75, 3.05) is 5.32 Å². The van der Waals surface area contributed by atoms with E-state index in [0.717, 1.165) is 53.9 Å². The Kier molecular flexibility index (Phi) is 5.68. The van der Waals surface area contributed by atoms with Crippen LogP contribution >= 0.6 is 0 Å². The zero-order valence-corrected chi connectivity index (χ0v) is 20.4. The number of hydrogen-bond acceptors (Lipinski definition) is 6. The molecule has 0 aliphatic heterocycles. The van der Waals surface area contributed by atoms with Crippen LogP contribution in [-0.2, 0) is 37.3 Å². The molecule has 5 rings (SSSR count). The van der Waals surface area contributed by atoms with E-state index >= 15 is 0 Å². The summed E-state index contributed by atoms with van der Waals surface area (Å²) in [5.74, 6) is 0.586. The van der Waals surface area contributed by atoms with Gasteiger partial charge in [0.2, 0.25) is 0 Å². The Bertz CT molecular complexity index is 1330. The molecule has 35 heavy (non-hydrogen) atoms. The first-order valence-electron chi connectivity index (χ1n) is 12.0. The van der Waals surface area contributed by atoms with Gasteiger partial charge in [-0.1, -0.05) is 26.0 Å². The number of aromatic nitrogens is 4. The van der Waals surface area contributed by atoms with Gasteiger partial charge in [0.1, 0.15) is 17.8 Å². The highest BCUT2D eigenvalue weighted by Gasteiger charge is 2.46. The molecule has 180 valence electrons. The summed E-state index contributed by atoms with van der Waals surface area (Å²) in [6, 6.07) is 11.9. The van der Waals surface area contributed by atoms with Crippen LogP contribution in [0.4, 0.5) is 5.69 Å². The summed E-state index contributed by atoms with van der Waals surface area (Å²) in [6.45, 7) is 4.14. The van der Waals surface area contributed by atoms with Gasteiger partial charge in [-0.05, 0) is 60.6 Å². The number of hydrogen-bond donors (Lipinski definition) is 2. The van der Waals surface area contributed by atoms with E-state index in [1.54, 1.807) is 12.4 Å². The Morgan fingerprint density at radius 3 is 2.80 bits per heavy atom. The third kappa shape index (κ3) is 4.10. The van der Waals surface area contributed by atoms with Crippen molar-refractivity contribution in [2.45, 2.75) is 63.4 Å². The first-order valence-corrected chi connectivity index (χ1v) is 12.0. The van der Waals surface area contributed by atoms with Crippen molar-refractivity contribution in [3.8, 4) is 6.07 Å². The third-order valence-electron chi connectivity index (χ3n) is 7.75. The number of nitrogens with zero attached hydrogens (tertiary/aromatic N) is 5. The number of carbonyl (C=O) groups is 1. The molecular formula is C27H30N6O2. The van der Waals surface area contributed by atoms with E-state index in [9.17, 15) is 15.2 Å². The van der Waals surface area contributed by atoms with Crippen molar-refractivity contribution in [3.63, 3.8) is 0 Å². The van der Waals surface area contributed by atoms with E-state index in [1.807, 2.05) is 29.8 Å². The van der Waals surface area contributed by atoms with Crippen LogP contribution in [0.15, 0.2) is 36.7 Å². The number of benzene rings is 1. The molecule has 0 saturated heterocycles. The van der Waals surface area contributed by atoms with Crippen LogP contribution in [-0.4, -0.2) is 30.8 Å². The Hall–Kier alpha value is -3.57. The highest BCUT2D eigenvalue weighted by Crippen LogP contribution is 2.50. The van der Waals surface area contributed by atoms with Gasteiger partial charge in [-0.25, -0.2) is 4.98 Å². The predicted molar refractivity (Wildman–Crippen MR) is 131 cm³/mol. The molecule has 0 unspecified atom stereocenters. The Morgan fingerprint density at radius 2 is 2.11 bits per heavy atom. The van der Waals surface area contributed by atoms with Gasteiger partial charge in [0, 0.05) is 35.9 Å². The molecule has 0 atom stereocenters. The largest absolute Gasteiger partial charge is 0.392 e. The second-order valence-electron chi connectivity index (χ2n) is 10.6. The molecule has 8 heteroatoms. The molecule has 0 bridgehead atoms. The average Bonchev–Trinajstić information content (AvgIpc) is 3.37. The lowest BCUT2D eigenvalue weighted by molar-refractivity contribution is 0.102. The molecule has 2 aliphatic rings. The number of nitriles is 1. The molecular weight excluding hydrogens is 440 g/mol. The summed E-state index contributed by atoms with van der Waals surface area (Å²) in [4.78, 5) is 17.9. The van der Waals surface area contributed by atoms with Crippen LogP contribution in [0.25, 0.3) is 0 Å². The highest BCUT2D eigenvalue weighted by molar-refractivity contribution is 6.03. The maximum Gasteiger partial charge on any atom is 0.274 e. The normalized spacial score (nSPS) is 22.2. The maximum absolute atomic E-state index is 13.2. The standard InChI is InChI=1S/C27H30N6O2/c1-26(2)8-7-21-18(15-34)9-22(31-24(21)26)25(35)30-20-6-4-5-19(10-20)27(11-17(12-27)14-28)13-23-32-29-16-33(23)3/h4-6,9-10,16-17,34H,7-8,11-13,15H2,1-3H3,(H,30,35). The van der Waals surface area contributed by atoms with Gasteiger partial charge < -0.3 is 15.0 Å². The summed E-state index contributed by atoms with van der Waals surface area (Å²) in [5.41, 5.74) is 4.47. The van der Waals surface area contributed by atoms with E-state index in [0.29, 0.717) is 17.8 Å². The molecule has 0 radical (unpaired) electrons. The van der Waals surface area contributed by atoms with Crippen molar-refractivity contribution in [1.29, 1.82) is 5.26 Å². The zero-order valence-electron chi connectivity index (χ0n) is 20.4. The van der Waals surface area contributed by atoms with Crippen molar-refractivity contribution in [2.24, 2.45) is 13.0 Å². The molecule has 1 amide bonds. The number of fused-ring (bicyclic) bond motifs is 1. The zero-order chi connectivity index (χ0) is 24.8. The van der Waals surface area contributed by atoms with Crippen molar-refractivity contribution < 1.29 is 9.90 Å². The lowest BCUT2D eigenvalue weighted by Crippen LogP contribution is -2.43. The van der Waals surface area contributed by atoms with Crippen LogP contribution in [0.2, 0.25) is 0 Å². The van der Waals surface area contributed by atoms with E-state index in [-0.39, 0.29) is 29.3 Å². The van der Waals surface area contributed by atoms with Crippen LogP contribution < -0.4 is 5.32 Å². The monoisotopic (exact) mass is 470 g/mol. The quantitative estimate of drug-likeness (QED) is 0.569. The maximum atomic E-state index is 13.2. The van der Waals surface area contributed by atoms with E-state index < -0.39 is 0 Å². The number of carbonyl (C=O) groups excluding carboxylic acids is 1. The number of anilines is 1. The number of aliphatic hydroxyl groups is 1. The van der Waals surface area contributed by atoms with E-state index in [4.69, 9.17) is 4.98 Å². The molecule has 1 saturated carbocycles. The van der Waals surface area contributed by atoms with Gasteiger partial charge >= 0.3 is 0 Å². The number of amides is 1. The Balaban J connectivity index is 1.42. The fourth-order valence-electron chi connectivity index (χ4n) is 5.63. The number of aryl methyl sites for hydroxylation is 1. The minimum atomic E-state index is -0.298. The highest BCUT2D eigenvalue weighted by atomic mass is 16.3. The Morgan fingerprint density at radius 1 is 1.31 bits per heavy atom. The van der Waals surface area contributed by atoms with Crippen molar-refractivity contribution in [3.05, 3.63) is 70.6 Å². The van der Waals surface area contributed by atoms with Crippen LogP contribution in [0.5, 0.6) is 0 Å². The minimum absolute atomic E-state index is 0.0114. The third-order valence-corrected chi connectivity index (χ3v) is 7.75. The number of rotatable bonds is 6. The summed E-state index contributed by atoms with van der Waals surface area (Å²) < 4.78 is 1.91. The molecule has 3 aromatic rings. The number of nitrogens with one attached hydrogen (secondary N) is 1. The molecule has 2 aromatic heterocycles. The van der Waals surface area contributed by atoms with Crippen LogP contribution in [0.1, 0.15) is 71.8 Å². The summed E-state index contributed by atoms with van der Waals surface area (Å²) in [5, 5.41) is 30.6. The topological polar surface area (TPSA) is 117 Å². The van der Waals surface area contributed by atoms with E-state index in [2.05, 4.69) is 41.5 Å². The van der Waals surface area contributed by atoms with Crippen LogP contribution in [0.3, 0.4) is 0 Å². The van der Waals surface area contributed by atoms with Crippen LogP contribution in [0, 0.1) is 17.2 Å². The van der Waals surface area contributed by atoms with Gasteiger partial charge in [0.15, 0.2) is 0 Å². The summed E-state index contributed by atoms with van der Waals surface area (Å²) in [6.07, 6.45) is 5.68. The summed E-state index contributed by atoms with van der Waals surface area (Å²) >= 11 is 0. The van der Waals surface area contributed by atoms with Gasteiger partial charge in [0.05, 0.1) is 18.4 Å². The predicted octanol–water partition coefficient (Wildman–Crippen LogP) is 3.59. The van der Waals surface area contributed by atoms with Gasteiger partial charge in [-0.2, -0.15) is 5.26 Å². The first-order chi connectivity index (χ1) is 16.7. The lowest BCUT2D eigenvalue weighted by Gasteiger charge is -2.45. The SMILES string of the molecule is Cn1cnnc1CC1(c2cccc(NC(=O)c3cc(CO)c4c(n3)C(C)(C)CC4)c2)CC(C#N)C1. The fourth-order valence-corrected chi connectivity index (χ4v) is 5.63. The van der Waals surface area contributed by atoms with Gasteiger partial charge in [0.25, 0.3) is 5.91 Å². The fraction of sp³-hybridized carbons (Fsp3) is 0.444. The molecule has 0 spiro atoms. The molecule has 8 nitrogen and oxygen atoms in total. The molecule has 2 heterocycles. The second-order valence-corrected chi connectivity index (χ2v) is 10.6. The number of pyridine rings is 1. The average molecular weight is 471 g/mol. The summed E-state index contributed by atoms with van der Waals surface area (Å²) in [7, 11) is 1.92. The molecule has 1 fully saturated rings. The minimum Gasteiger partial charge on any atom is -0.392 e. The second kappa shape index (κ2) is 8.58. The first kappa shape index (κ1) is 23.2. The molecule has 2 N–H and O–H groups in total. The van der Waals surface area contributed by atoms with E-state index in [1.165, 1.54) is 0 Å². The van der Waals surface area contributed by atoms with Crippen molar-refractivity contribution >= 4 is 11.6 Å².